The summed E-state index contributed by atoms with van der Waals surface area (Å²) in [5.74, 6) is 1.23. The summed E-state index contributed by atoms with van der Waals surface area (Å²) in [4.78, 5) is 2.23. The van der Waals surface area contributed by atoms with Crippen LogP contribution in [0.15, 0.2) is 0 Å². The van der Waals surface area contributed by atoms with E-state index in [0.29, 0.717) is 6.04 Å². The zero-order chi connectivity index (χ0) is 6.57. The van der Waals surface area contributed by atoms with Crippen LogP contribution in [0.5, 0.6) is 0 Å². The van der Waals surface area contributed by atoms with Crippen molar-refractivity contribution in [2.24, 2.45) is 0 Å². The van der Waals surface area contributed by atoms with Crippen LogP contribution in [-0.2, 0) is 0 Å². The maximum atomic E-state index is 2.23. The van der Waals surface area contributed by atoms with Gasteiger partial charge < -0.3 is 4.90 Å². The summed E-state index contributed by atoms with van der Waals surface area (Å²) in [7, 11) is 4.22. The van der Waals surface area contributed by atoms with Crippen molar-refractivity contribution in [3.8, 4) is 0 Å². The van der Waals surface area contributed by atoms with Crippen LogP contribution in [-0.4, -0.2) is 37.0 Å². The first-order valence-corrected chi connectivity index (χ1v) is 4.23. The van der Waals surface area contributed by atoms with E-state index in [-0.39, 0.29) is 0 Å². The molecule has 2 heteroatoms. The first-order valence-electron chi connectivity index (χ1n) is 2.84. The van der Waals surface area contributed by atoms with E-state index in [2.05, 4.69) is 32.2 Å². The second-order valence-electron chi connectivity index (χ2n) is 2.27. The van der Waals surface area contributed by atoms with E-state index in [9.17, 15) is 0 Å². The van der Waals surface area contributed by atoms with Gasteiger partial charge in [-0.25, -0.2) is 0 Å². The summed E-state index contributed by atoms with van der Waals surface area (Å²) in [6.07, 6.45) is 2.14. The summed E-state index contributed by atoms with van der Waals surface area (Å²) in [6, 6.07) is 0.713. The highest BCUT2D eigenvalue weighted by molar-refractivity contribution is 7.98. The predicted octanol–water partition coefficient (Wildman–Crippen LogP) is 1.30. The molecular weight excluding hydrogens is 118 g/mol. The van der Waals surface area contributed by atoms with E-state index in [1.807, 2.05) is 11.8 Å². The van der Waals surface area contributed by atoms with Crippen molar-refractivity contribution in [3.63, 3.8) is 0 Å². The molecule has 0 aromatic carbocycles. The van der Waals surface area contributed by atoms with Crippen LogP contribution in [0.1, 0.15) is 6.92 Å². The van der Waals surface area contributed by atoms with Gasteiger partial charge in [0.1, 0.15) is 0 Å². The highest BCUT2D eigenvalue weighted by Crippen LogP contribution is 1.99. The van der Waals surface area contributed by atoms with E-state index in [1.54, 1.807) is 0 Å². The molecule has 0 aromatic rings. The van der Waals surface area contributed by atoms with Crippen LogP contribution in [0.3, 0.4) is 0 Å². The van der Waals surface area contributed by atoms with Crippen molar-refractivity contribution in [1.82, 2.24) is 4.90 Å². The third kappa shape index (κ3) is 3.33. The van der Waals surface area contributed by atoms with E-state index >= 15 is 0 Å². The lowest BCUT2D eigenvalue weighted by molar-refractivity contribution is 0.340. The van der Waals surface area contributed by atoms with Gasteiger partial charge in [-0.05, 0) is 27.3 Å². The van der Waals surface area contributed by atoms with Crippen molar-refractivity contribution in [1.29, 1.82) is 0 Å². The fraction of sp³-hybridized carbons (Fsp3) is 1.00. The maximum absolute atomic E-state index is 2.23. The number of rotatable bonds is 3. The molecule has 0 saturated carbocycles. The Hall–Kier alpha value is 0.310. The molecule has 0 N–H and O–H groups in total. The van der Waals surface area contributed by atoms with Crippen molar-refractivity contribution < 1.29 is 0 Å². The summed E-state index contributed by atoms with van der Waals surface area (Å²) in [5, 5.41) is 0. The van der Waals surface area contributed by atoms with Crippen molar-refractivity contribution in [3.05, 3.63) is 0 Å². The molecular formula is C6H15NS. The Bertz CT molecular complexity index is 54.5. The van der Waals surface area contributed by atoms with Gasteiger partial charge in [0.25, 0.3) is 0 Å². The standard InChI is InChI=1S/C6H15NS/c1-6(5-8-4)7(2)3/h6H,5H2,1-4H3. The summed E-state index contributed by atoms with van der Waals surface area (Å²) in [6.45, 7) is 2.23. The molecule has 0 amide bonds. The number of hydrogen-bond donors (Lipinski definition) is 0. The summed E-state index contributed by atoms with van der Waals surface area (Å²) >= 11 is 1.90. The van der Waals surface area contributed by atoms with Gasteiger partial charge >= 0.3 is 0 Å². The molecule has 0 aromatic heterocycles. The minimum Gasteiger partial charge on any atom is -0.306 e. The molecule has 0 rings (SSSR count). The lowest BCUT2D eigenvalue weighted by Gasteiger charge is -2.17. The van der Waals surface area contributed by atoms with Gasteiger partial charge in [-0.2, -0.15) is 11.8 Å². The van der Waals surface area contributed by atoms with Gasteiger partial charge in [-0.3, -0.25) is 0 Å². The SMILES string of the molecule is CSCC(C)N(C)C. The van der Waals surface area contributed by atoms with Crippen LogP contribution in [0.25, 0.3) is 0 Å². The molecule has 0 aliphatic carbocycles. The maximum Gasteiger partial charge on any atom is 0.0151 e. The van der Waals surface area contributed by atoms with Gasteiger partial charge in [0.05, 0.1) is 0 Å². The minimum atomic E-state index is 0.713. The van der Waals surface area contributed by atoms with E-state index < -0.39 is 0 Å². The van der Waals surface area contributed by atoms with Crippen LogP contribution >= 0.6 is 11.8 Å². The Morgan fingerprint density at radius 1 is 1.50 bits per heavy atom. The average Bonchev–Trinajstić information content (AvgIpc) is 1.67. The first-order chi connectivity index (χ1) is 3.68. The van der Waals surface area contributed by atoms with Crippen LogP contribution in [0.2, 0.25) is 0 Å². The molecule has 0 bridgehead atoms. The summed E-state index contributed by atoms with van der Waals surface area (Å²) < 4.78 is 0. The molecule has 0 heterocycles. The zero-order valence-electron chi connectivity index (χ0n) is 6.14. The minimum absolute atomic E-state index is 0.713. The second kappa shape index (κ2) is 4.21. The van der Waals surface area contributed by atoms with Crippen LogP contribution in [0.4, 0.5) is 0 Å². The topological polar surface area (TPSA) is 3.24 Å². The molecule has 8 heavy (non-hydrogen) atoms. The number of hydrogen-bond acceptors (Lipinski definition) is 2. The molecule has 0 radical (unpaired) electrons. The first kappa shape index (κ1) is 8.31. The largest absolute Gasteiger partial charge is 0.306 e. The number of thioether (sulfide) groups is 1. The van der Waals surface area contributed by atoms with Crippen molar-refractivity contribution >= 4 is 11.8 Å². The molecule has 1 atom stereocenters. The highest BCUT2D eigenvalue weighted by Gasteiger charge is 2.00. The van der Waals surface area contributed by atoms with Crippen LogP contribution in [0, 0.1) is 0 Å². The van der Waals surface area contributed by atoms with Gasteiger partial charge in [0, 0.05) is 11.8 Å². The van der Waals surface area contributed by atoms with E-state index in [0.717, 1.165) is 0 Å². The average molecular weight is 133 g/mol. The molecule has 0 fully saturated rings. The van der Waals surface area contributed by atoms with Crippen molar-refractivity contribution in [2.45, 2.75) is 13.0 Å². The Kier molecular flexibility index (Phi) is 4.38. The Morgan fingerprint density at radius 3 is 2.12 bits per heavy atom. The van der Waals surface area contributed by atoms with Crippen molar-refractivity contribution in [2.75, 3.05) is 26.1 Å². The van der Waals surface area contributed by atoms with E-state index in [4.69, 9.17) is 0 Å². The monoisotopic (exact) mass is 133 g/mol. The highest BCUT2D eigenvalue weighted by atomic mass is 32.2. The molecule has 1 nitrogen and oxygen atoms in total. The molecule has 50 valence electrons. The molecule has 0 aliphatic heterocycles. The quantitative estimate of drug-likeness (QED) is 0.571. The van der Waals surface area contributed by atoms with Gasteiger partial charge in [-0.1, -0.05) is 0 Å². The smallest absolute Gasteiger partial charge is 0.0151 e. The lowest BCUT2D eigenvalue weighted by Crippen LogP contribution is -2.26. The van der Waals surface area contributed by atoms with E-state index in [1.165, 1.54) is 5.75 Å². The fourth-order valence-corrected chi connectivity index (χ4v) is 1.17. The molecule has 0 saturated heterocycles. The normalized spacial score (nSPS) is 14.6. The Morgan fingerprint density at radius 2 is 2.00 bits per heavy atom. The van der Waals surface area contributed by atoms with Gasteiger partial charge in [0.2, 0.25) is 0 Å². The summed E-state index contributed by atoms with van der Waals surface area (Å²) in [5.41, 5.74) is 0. The fourth-order valence-electron chi connectivity index (χ4n) is 0.390. The molecule has 1 unspecified atom stereocenters. The number of nitrogens with zero attached hydrogens (tertiary/aromatic N) is 1. The second-order valence-corrected chi connectivity index (χ2v) is 3.18. The zero-order valence-corrected chi connectivity index (χ0v) is 6.96. The molecule has 0 aliphatic rings. The molecule has 0 spiro atoms. The van der Waals surface area contributed by atoms with Gasteiger partial charge in [0.15, 0.2) is 0 Å². The third-order valence-electron chi connectivity index (χ3n) is 1.29. The van der Waals surface area contributed by atoms with Gasteiger partial charge in [-0.15, -0.1) is 0 Å². The Labute approximate surface area is 56.4 Å². The van der Waals surface area contributed by atoms with Crippen LogP contribution < -0.4 is 0 Å². The predicted molar refractivity (Wildman–Crippen MR) is 41.5 cm³/mol. The third-order valence-corrected chi connectivity index (χ3v) is 2.11. The Balaban J connectivity index is 3.17. The lowest BCUT2D eigenvalue weighted by atomic mass is 10.4.